The second-order valence-electron chi connectivity index (χ2n) is 4.30. The molecule has 3 N–H and O–H groups in total. The van der Waals surface area contributed by atoms with Crippen molar-refractivity contribution in [2.24, 2.45) is 0 Å². The average molecular weight is 308 g/mol. The number of anilines is 1. The molecule has 2 aromatic rings. The van der Waals surface area contributed by atoms with E-state index in [0.717, 1.165) is 10.5 Å². The third kappa shape index (κ3) is 3.68. The minimum absolute atomic E-state index is 0.420. The molecule has 0 fully saturated rings. The van der Waals surface area contributed by atoms with E-state index in [0.29, 0.717) is 16.5 Å². The maximum Gasteiger partial charge on any atom is 0.311 e. The summed E-state index contributed by atoms with van der Waals surface area (Å²) in [4.78, 5) is 12.2. The van der Waals surface area contributed by atoms with Crippen molar-refractivity contribution in [1.82, 2.24) is 0 Å². The first kappa shape index (κ1) is 14.8. The lowest BCUT2D eigenvalue weighted by Crippen LogP contribution is -2.14. The summed E-state index contributed by atoms with van der Waals surface area (Å²) in [6.45, 7) is 0. The van der Waals surface area contributed by atoms with Gasteiger partial charge < -0.3 is 10.8 Å². The smallest absolute Gasteiger partial charge is 0.311 e. The molecular formula is C15H14ClNO2S. The summed E-state index contributed by atoms with van der Waals surface area (Å²) in [5.41, 5.74) is 7.02. The van der Waals surface area contributed by atoms with Crippen LogP contribution in [0, 0.1) is 0 Å². The molecule has 0 saturated heterocycles. The van der Waals surface area contributed by atoms with E-state index < -0.39 is 11.9 Å². The van der Waals surface area contributed by atoms with Crippen molar-refractivity contribution in [3.8, 4) is 0 Å². The summed E-state index contributed by atoms with van der Waals surface area (Å²) in [5, 5.41) is 9.90. The lowest BCUT2D eigenvalue weighted by molar-refractivity contribution is -0.138. The number of halogens is 1. The zero-order valence-electron chi connectivity index (χ0n) is 10.6. The summed E-state index contributed by atoms with van der Waals surface area (Å²) in [5.74, 6) is -0.978. The van der Waals surface area contributed by atoms with Gasteiger partial charge in [-0.15, -0.1) is 11.8 Å². The van der Waals surface area contributed by atoms with Crippen LogP contribution in [-0.4, -0.2) is 16.8 Å². The summed E-state index contributed by atoms with van der Waals surface area (Å²) in [7, 11) is 0. The Bertz CT molecular complexity index is 604. The highest BCUT2D eigenvalue weighted by Crippen LogP contribution is 2.32. The fourth-order valence-electron chi connectivity index (χ4n) is 1.80. The molecule has 0 radical (unpaired) electrons. The van der Waals surface area contributed by atoms with E-state index >= 15 is 0 Å². The molecule has 2 aromatic carbocycles. The van der Waals surface area contributed by atoms with Crippen molar-refractivity contribution in [2.45, 2.75) is 10.8 Å². The molecule has 0 bridgehead atoms. The molecule has 1 unspecified atom stereocenters. The van der Waals surface area contributed by atoms with Crippen LogP contribution in [0.25, 0.3) is 0 Å². The third-order valence-electron chi connectivity index (χ3n) is 2.86. The van der Waals surface area contributed by atoms with E-state index in [-0.39, 0.29) is 0 Å². The fraction of sp³-hybridized carbons (Fsp3) is 0.133. The number of hydrogen-bond donors (Lipinski definition) is 2. The molecule has 0 aliphatic rings. The first-order valence-corrected chi connectivity index (χ1v) is 7.40. The number of aliphatic carboxylic acids is 1. The molecule has 20 heavy (non-hydrogen) atoms. The molecule has 0 spiro atoms. The van der Waals surface area contributed by atoms with Gasteiger partial charge in [0.15, 0.2) is 0 Å². The van der Waals surface area contributed by atoms with Crippen molar-refractivity contribution >= 4 is 35.0 Å². The van der Waals surface area contributed by atoms with Gasteiger partial charge in [0.25, 0.3) is 0 Å². The Morgan fingerprint density at radius 1 is 1.25 bits per heavy atom. The van der Waals surface area contributed by atoms with Crippen LogP contribution in [0.1, 0.15) is 11.5 Å². The fourth-order valence-corrected chi connectivity index (χ4v) is 3.20. The molecule has 3 nitrogen and oxygen atoms in total. The van der Waals surface area contributed by atoms with Crippen LogP contribution in [0.5, 0.6) is 0 Å². The Morgan fingerprint density at radius 3 is 2.55 bits per heavy atom. The van der Waals surface area contributed by atoms with Crippen LogP contribution >= 0.6 is 23.4 Å². The van der Waals surface area contributed by atoms with Crippen molar-refractivity contribution in [2.75, 3.05) is 11.5 Å². The molecule has 5 heteroatoms. The Balaban J connectivity index is 2.12. The van der Waals surface area contributed by atoms with Gasteiger partial charge in [0, 0.05) is 16.3 Å². The molecule has 1 atom stereocenters. The maximum absolute atomic E-state index is 11.4. The van der Waals surface area contributed by atoms with Gasteiger partial charge in [0.05, 0.1) is 10.9 Å². The maximum atomic E-state index is 11.4. The van der Waals surface area contributed by atoms with Crippen LogP contribution in [0.15, 0.2) is 53.4 Å². The van der Waals surface area contributed by atoms with Crippen molar-refractivity contribution in [1.29, 1.82) is 0 Å². The lowest BCUT2D eigenvalue weighted by Gasteiger charge is -2.13. The normalized spacial score (nSPS) is 12.1. The number of carboxylic acids is 1. The van der Waals surface area contributed by atoms with Gasteiger partial charge in [-0.1, -0.05) is 41.9 Å². The quantitative estimate of drug-likeness (QED) is 0.650. The number of nitrogen functional groups attached to an aromatic ring is 1. The van der Waals surface area contributed by atoms with E-state index in [2.05, 4.69) is 0 Å². The highest BCUT2D eigenvalue weighted by molar-refractivity contribution is 7.99. The minimum Gasteiger partial charge on any atom is -0.481 e. The zero-order valence-corrected chi connectivity index (χ0v) is 12.2. The summed E-state index contributed by atoms with van der Waals surface area (Å²) >= 11 is 7.51. The van der Waals surface area contributed by atoms with E-state index in [4.69, 9.17) is 17.3 Å². The molecule has 0 heterocycles. The van der Waals surface area contributed by atoms with Gasteiger partial charge in [-0.25, -0.2) is 0 Å². The molecule has 0 saturated carbocycles. The minimum atomic E-state index is -0.838. The van der Waals surface area contributed by atoms with Crippen LogP contribution in [0.3, 0.4) is 0 Å². The van der Waals surface area contributed by atoms with E-state index in [1.54, 1.807) is 12.1 Å². The van der Waals surface area contributed by atoms with Gasteiger partial charge in [0.1, 0.15) is 0 Å². The topological polar surface area (TPSA) is 63.3 Å². The Labute approximate surface area is 126 Å². The standard InChI is InChI=1S/C15H14ClNO2S/c16-13-8-11(17)6-7-14(13)20-9-12(15(18)19)10-4-2-1-3-5-10/h1-8,12H,9,17H2,(H,18,19). The highest BCUT2D eigenvalue weighted by Gasteiger charge is 2.20. The first-order valence-electron chi connectivity index (χ1n) is 6.03. The van der Waals surface area contributed by atoms with Crippen LogP contribution in [0.4, 0.5) is 5.69 Å². The monoisotopic (exact) mass is 307 g/mol. The average Bonchev–Trinajstić information content (AvgIpc) is 2.42. The molecule has 0 aliphatic heterocycles. The predicted molar refractivity (Wildman–Crippen MR) is 83.4 cm³/mol. The van der Waals surface area contributed by atoms with Gasteiger partial charge in [0.2, 0.25) is 0 Å². The van der Waals surface area contributed by atoms with Crippen LogP contribution < -0.4 is 5.73 Å². The number of benzene rings is 2. The summed E-state index contributed by atoms with van der Waals surface area (Å²) in [6.07, 6.45) is 0. The highest BCUT2D eigenvalue weighted by atomic mass is 35.5. The Kier molecular flexibility index (Phi) is 4.93. The van der Waals surface area contributed by atoms with E-state index in [1.165, 1.54) is 11.8 Å². The molecule has 0 aromatic heterocycles. The number of thioether (sulfide) groups is 1. The summed E-state index contributed by atoms with van der Waals surface area (Å²) < 4.78 is 0. The predicted octanol–water partition coefficient (Wildman–Crippen LogP) is 3.88. The second kappa shape index (κ2) is 6.68. The Hall–Kier alpha value is -1.65. The van der Waals surface area contributed by atoms with Gasteiger partial charge >= 0.3 is 5.97 Å². The second-order valence-corrected chi connectivity index (χ2v) is 5.77. The van der Waals surface area contributed by atoms with Crippen molar-refractivity contribution < 1.29 is 9.90 Å². The number of rotatable bonds is 5. The zero-order chi connectivity index (χ0) is 14.5. The lowest BCUT2D eigenvalue weighted by atomic mass is 10.0. The molecule has 2 rings (SSSR count). The molecular weight excluding hydrogens is 294 g/mol. The van der Waals surface area contributed by atoms with Gasteiger partial charge in [-0.05, 0) is 23.8 Å². The number of carbonyl (C=O) groups is 1. The number of carboxylic acid groups (broad SMARTS) is 1. The largest absolute Gasteiger partial charge is 0.481 e. The molecule has 0 aliphatic carbocycles. The summed E-state index contributed by atoms with van der Waals surface area (Å²) in [6, 6.07) is 14.4. The SMILES string of the molecule is Nc1ccc(SCC(C(=O)O)c2ccccc2)c(Cl)c1. The van der Waals surface area contributed by atoms with Gasteiger partial charge in [-0.2, -0.15) is 0 Å². The molecule has 0 amide bonds. The van der Waals surface area contributed by atoms with E-state index in [9.17, 15) is 9.90 Å². The van der Waals surface area contributed by atoms with Crippen LogP contribution in [-0.2, 0) is 4.79 Å². The number of hydrogen-bond acceptors (Lipinski definition) is 3. The number of nitrogens with two attached hydrogens (primary N) is 1. The van der Waals surface area contributed by atoms with Crippen molar-refractivity contribution in [3.63, 3.8) is 0 Å². The van der Waals surface area contributed by atoms with Crippen molar-refractivity contribution in [3.05, 3.63) is 59.1 Å². The van der Waals surface area contributed by atoms with Crippen LogP contribution in [0.2, 0.25) is 5.02 Å². The third-order valence-corrected chi connectivity index (χ3v) is 4.45. The Morgan fingerprint density at radius 2 is 1.95 bits per heavy atom. The first-order chi connectivity index (χ1) is 9.58. The molecule has 104 valence electrons. The van der Waals surface area contributed by atoms with Gasteiger partial charge in [-0.3, -0.25) is 4.79 Å². The van der Waals surface area contributed by atoms with E-state index in [1.807, 2.05) is 36.4 Å².